The molecule has 4 atom stereocenters. The average molecular weight is 410 g/mol. The maximum Gasteiger partial charge on any atom is 0.314 e. The van der Waals surface area contributed by atoms with Gasteiger partial charge in [-0.2, -0.15) is 4.98 Å². The van der Waals surface area contributed by atoms with Crippen molar-refractivity contribution >= 4 is 5.91 Å². The van der Waals surface area contributed by atoms with Gasteiger partial charge in [0.25, 0.3) is 5.91 Å². The summed E-state index contributed by atoms with van der Waals surface area (Å²) >= 11 is 0. The zero-order valence-corrected chi connectivity index (χ0v) is 17.9. The van der Waals surface area contributed by atoms with Gasteiger partial charge in [0.15, 0.2) is 0 Å². The van der Waals surface area contributed by atoms with E-state index in [4.69, 9.17) is 4.74 Å². The Morgan fingerprint density at radius 1 is 1.17 bits per heavy atom. The maximum atomic E-state index is 13.1. The van der Waals surface area contributed by atoms with Gasteiger partial charge in [0.05, 0.1) is 7.11 Å². The van der Waals surface area contributed by atoms with E-state index in [1.165, 1.54) is 35.9 Å². The van der Waals surface area contributed by atoms with Crippen molar-refractivity contribution in [1.29, 1.82) is 0 Å². The van der Waals surface area contributed by atoms with Crippen molar-refractivity contribution in [2.24, 2.45) is 18.9 Å². The van der Waals surface area contributed by atoms with Gasteiger partial charge < -0.3 is 9.64 Å². The summed E-state index contributed by atoms with van der Waals surface area (Å²) in [5.74, 6) is 1.27. The molecule has 3 aliphatic heterocycles. The zero-order chi connectivity index (χ0) is 20.7. The number of amides is 1. The molecule has 0 spiro atoms. The molecule has 0 radical (unpaired) electrons. The molecular weight excluding hydrogens is 378 g/mol. The number of carbonyl (C=O) groups excluding carboxylic acids is 1. The van der Waals surface area contributed by atoms with Gasteiger partial charge in [0.1, 0.15) is 0 Å². The Balaban J connectivity index is 1.30. The lowest BCUT2D eigenvalue weighted by molar-refractivity contribution is -0.0500. The van der Waals surface area contributed by atoms with Crippen molar-refractivity contribution in [2.45, 2.75) is 44.2 Å². The Bertz CT molecular complexity index is 898. The molecule has 2 bridgehead atoms. The van der Waals surface area contributed by atoms with Crippen LogP contribution in [0, 0.1) is 11.8 Å². The monoisotopic (exact) mass is 409 g/mol. The zero-order valence-electron chi connectivity index (χ0n) is 17.9. The van der Waals surface area contributed by atoms with Crippen LogP contribution in [-0.4, -0.2) is 69.3 Å². The molecule has 7 nitrogen and oxygen atoms in total. The van der Waals surface area contributed by atoms with Crippen molar-refractivity contribution < 1.29 is 9.53 Å². The van der Waals surface area contributed by atoms with E-state index in [0.29, 0.717) is 29.9 Å². The van der Waals surface area contributed by atoms with Gasteiger partial charge in [-0.05, 0) is 43.1 Å². The number of hydrogen-bond donors (Lipinski definition) is 0. The van der Waals surface area contributed by atoms with E-state index in [1.807, 2.05) is 4.90 Å². The summed E-state index contributed by atoms with van der Waals surface area (Å²) in [7, 11) is 3.30. The third kappa shape index (κ3) is 3.60. The topological polar surface area (TPSA) is 63.5 Å². The lowest BCUT2D eigenvalue weighted by atomic mass is 9.74. The van der Waals surface area contributed by atoms with E-state index < -0.39 is 0 Å². The first-order chi connectivity index (χ1) is 14.6. The quantitative estimate of drug-likeness (QED) is 0.776. The molecule has 1 amide bonds. The van der Waals surface area contributed by atoms with Crippen LogP contribution in [0.1, 0.15) is 41.9 Å². The normalized spacial score (nSPS) is 28.8. The lowest BCUT2D eigenvalue weighted by Crippen LogP contribution is -2.62. The van der Waals surface area contributed by atoms with Gasteiger partial charge in [-0.3, -0.25) is 9.69 Å². The largest absolute Gasteiger partial charge is 0.467 e. The molecule has 160 valence electrons. The fraction of sp³-hybridized carbons (Fsp3) is 0.609. The number of aromatic nitrogens is 3. The molecule has 0 aliphatic carbocycles. The minimum Gasteiger partial charge on any atom is -0.467 e. The molecule has 7 heteroatoms. The smallest absolute Gasteiger partial charge is 0.314 e. The molecule has 3 fully saturated rings. The summed E-state index contributed by atoms with van der Waals surface area (Å²) in [4.78, 5) is 22.1. The van der Waals surface area contributed by atoms with Gasteiger partial charge in [0.2, 0.25) is 5.82 Å². The molecule has 3 saturated heterocycles. The van der Waals surface area contributed by atoms with Crippen LogP contribution in [0.2, 0.25) is 0 Å². The first-order valence-corrected chi connectivity index (χ1v) is 11.2. The van der Waals surface area contributed by atoms with Crippen molar-refractivity contribution in [3.8, 4) is 6.01 Å². The van der Waals surface area contributed by atoms with Crippen LogP contribution in [-0.2, 0) is 13.5 Å². The fourth-order valence-corrected chi connectivity index (χ4v) is 5.96. The van der Waals surface area contributed by atoms with E-state index >= 15 is 0 Å². The first kappa shape index (κ1) is 19.5. The van der Waals surface area contributed by atoms with Crippen LogP contribution in [0.25, 0.3) is 0 Å². The summed E-state index contributed by atoms with van der Waals surface area (Å²) in [6.45, 7) is 2.72. The Labute approximate surface area is 178 Å². The highest BCUT2D eigenvalue weighted by Crippen LogP contribution is 2.40. The minimum absolute atomic E-state index is 0.0614. The number of ether oxygens (including phenoxy) is 1. The summed E-state index contributed by atoms with van der Waals surface area (Å²) in [6, 6.07) is 12.5. The highest BCUT2D eigenvalue weighted by atomic mass is 16.5. The molecule has 5 rings (SSSR count). The Kier molecular flexibility index (Phi) is 5.23. The van der Waals surface area contributed by atoms with Crippen molar-refractivity contribution in [2.75, 3.05) is 26.7 Å². The molecule has 2 aromatic rings. The van der Waals surface area contributed by atoms with Crippen LogP contribution < -0.4 is 4.74 Å². The molecular formula is C23H31N5O2. The number of carbonyl (C=O) groups is 1. The Morgan fingerprint density at radius 2 is 2.00 bits per heavy atom. The van der Waals surface area contributed by atoms with Crippen LogP contribution in [0.5, 0.6) is 6.01 Å². The summed E-state index contributed by atoms with van der Waals surface area (Å²) < 4.78 is 6.70. The van der Waals surface area contributed by atoms with Crippen molar-refractivity contribution in [1.82, 2.24) is 24.6 Å². The highest BCUT2D eigenvalue weighted by molar-refractivity contribution is 5.90. The van der Waals surface area contributed by atoms with E-state index in [9.17, 15) is 4.79 Å². The Morgan fingerprint density at radius 3 is 2.77 bits per heavy atom. The number of aryl methyl sites for hydroxylation is 1. The van der Waals surface area contributed by atoms with Gasteiger partial charge >= 0.3 is 6.01 Å². The second-order valence-corrected chi connectivity index (χ2v) is 9.16. The SMILES string of the molecule is COc1nc(C(=O)N2C[C@@H]3C[C@H](C2)[C@@H]2CCC[C@H](Cc4ccccc4)N2C3)nn1C. The van der Waals surface area contributed by atoms with Crippen molar-refractivity contribution in [3.63, 3.8) is 0 Å². The minimum atomic E-state index is -0.0614. The molecule has 4 heterocycles. The third-order valence-corrected chi connectivity index (χ3v) is 7.21. The van der Waals surface area contributed by atoms with Gasteiger partial charge in [0, 0.05) is 38.8 Å². The van der Waals surface area contributed by atoms with Gasteiger partial charge in [-0.25, -0.2) is 4.68 Å². The van der Waals surface area contributed by atoms with Crippen LogP contribution >= 0.6 is 0 Å². The molecule has 0 saturated carbocycles. The van der Waals surface area contributed by atoms with E-state index in [0.717, 1.165) is 26.1 Å². The van der Waals surface area contributed by atoms with Gasteiger partial charge in [-0.15, -0.1) is 5.10 Å². The summed E-state index contributed by atoms with van der Waals surface area (Å²) in [5.41, 5.74) is 1.44. The highest BCUT2D eigenvalue weighted by Gasteiger charge is 2.45. The number of methoxy groups -OCH3 is 1. The van der Waals surface area contributed by atoms with Gasteiger partial charge in [-0.1, -0.05) is 36.8 Å². The second-order valence-electron chi connectivity index (χ2n) is 9.16. The van der Waals surface area contributed by atoms with E-state index in [-0.39, 0.29) is 11.7 Å². The lowest BCUT2D eigenvalue weighted by Gasteiger charge is -2.55. The third-order valence-electron chi connectivity index (χ3n) is 7.21. The fourth-order valence-electron chi connectivity index (χ4n) is 5.96. The van der Waals surface area contributed by atoms with Crippen molar-refractivity contribution in [3.05, 3.63) is 41.7 Å². The number of benzene rings is 1. The molecule has 1 aromatic carbocycles. The predicted molar refractivity (Wildman–Crippen MR) is 113 cm³/mol. The number of hydrogen-bond acceptors (Lipinski definition) is 5. The van der Waals surface area contributed by atoms with E-state index in [2.05, 4.69) is 45.3 Å². The molecule has 3 aliphatic rings. The maximum absolute atomic E-state index is 13.1. The standard InChI is InChI=1S/C23H31N5O2/c1-26-23(30-2)24-21(25-26)22(29)27-13-17-11-18(15-27)20-10-6-9-19(28(20)14-17)12-16-7-4-3-5-8-16/h3-5,7-8,17-20H,6,9-15H2,1-2H3/t17-,18+,19+,20-/m0/s1. The number of fused-ring (bicyclic) bond motifs is 4. The summed E-state index contributed by atoms with van der Waals surface area (Å²) in [6.07, 6.45) is 6.19. The number of nitrogens with zero attached hydrogens (tertiary/aromatic N) is 5. The number of rotatable bonds is 4. The van der Waals surface area contributed by atoms with Crippen LogP contribution in [0.15, 0.2) is 30.3 Å². The number of piperidine rings is 3. The van der Waals surface area contributed by atoms with Crippen LogP contribution in [0.4, 0.5) is 0 Å². The molecule has 0 N–H and O–H groups in total. The average Bonchev–Trinajstić information content (AvgIpc) is 3.15. The first-order valence-electron chi connectivity index (χ1n) is 11.2. The predicted octanol–water partition coefficient (Wildman–Crippen LogP) is 2.38. The summed E-state index contributed by atoms with van der Waals surface area (Å²) in [5, 5.41) is 4.27. The molecule has 1 aromatic heterocycles. The van der Waals surface area contributed by atoms with E-state index in [1.54, 1.807) is 14.2 Å². The second kappa shape index (κ2) is 8.02. The van der Waals surface area contributed by atoms with Crippen LogP contribution in [0.3, 0.4) is 0 Å². The molecule has 30 heavy (non-hydrogen) atoms. The molecule has 0 unspecified atom stereocenters. The Hall–Kier alpha value is -2.41. The number of likely N-dealkylation sites (tertiary alicyclic amines) is 1.